The van der Waals surface area contributed by atoms with Gasteiger partial charge in [-0.2, -0.15) is 0 Å². The number of hydrogen-bond acceptors (Lipinski definition) is 3. The maximum atomic E-state index is 12.6. The van der Waals surface area contributed by atoms with Crippen molar-refractivity contribution in [3.8, 4) is 0 Å². The second-order valence-electron chi connectivity index (χ2n) is 6.54. The second kappa shape index (κ2) is 6.63. The third-order valence-electron chi connectivity index (χ3n) is 4.97. The minimum atomic E-state index is -0.224. The Labute approximate surface area is 151 Å². The second-order valence-corrected chi connectivity index (χ2v) is 6.54. The van der Waals surface area contributed by atoms with Crippen LogP contribution in [0.1, 0.15) is 33.6 Å². The molecule has 0 saturated carbocycles. The molecule has 1 fully saturated rings. The molecule has 6 nitrogen and oxygen atoms in total. The highest BCUT2D eigenvalue weighted by molar-refractivity contribution is 6.21. The van der Waals surface area contributed by atoms with Crippen molar-refractivity contribution in [3.05, 3.63) is 65.7 Å². The monoisotopic (exact) mass is 349 g/mol. The summed E-state index contributed by atoms with van der Waals surface area (Å²) in [6, 6.07) is 15.9. The summed E-state index contributed by atoms with van der Waals surface area (Å²) in [6.07, 6.45) is 1.18. The van der Waals surface area contributed by atoms with Gasteiger partial charge in [0.05, 0.1) is 11.1 Å². The number of carbonyl (C=O) groups excluding carboxylic acids is 3. The van der Waals surface area contributed by atoms with Gasteiger partial charge in [0.15, 0.2) is 0 Å². The molecule has 0 bridgehead atoms. The minimum Gasteiger partial charge on any atom is -0.324 e. The lowest BCUT2D eigenvalue weighted by Crippen LogP contribution is -2.49. The Morgan fingerprint density at radius 1 is 0.846 bits per heavy atom. The van der Waals surface area contributed by atoms with E-state index < -0.39 is 0 Å². The molecule has 2 aliphatic heterocycles. The number of urea groups is 1. The number of nitrogens with zero attached hydrogens (tertiary/aromatic N) is 2. The quantitative estimate of drug-likeness (QED) is 0.848. The van der Waals surface area contributed by atoms with Crippen LogP contribution in [-0.2, 0) is 0 Å². The van der Waals surface area contributed by atoms with Crippen molar-refractivity contribution in [3.63, 3.8) is 0 Å². The van der Waals surface area contributed by atoms with Crippen LogP contribution in [0.15, 0.2) is 54.6 Å². The van der Waals surface area contributed by atoms with Crippen LogP contribution in [0.4, 0.5) is 10.5 Å². The molecule has 0 aliphatic carbocycles. The molecule has 132 valence electrons. The third kappa shape index (κ3) is 2.83. The zero-order chi connectivity index (χ0) is 18.1. The summed E-state index contributed by atoms with van der Waals surface area (Å²) in [5.41, 5.74) is 1.70. The first-order valence-electron chi connectivity index (χ1n) is 8.73. The lowest BCUT2D eigenvalue weighted by Gasteiger charge is -2.35. The van der Waals surface area contributed by atoms with Crippen LogP contribution < -0.4 is 5.32 Å². The van der Waals surface area contributed by atoms with Crippen LogP contribution in [0.3, 0.4) is 0 Å². The standard InChI is InChI=1S/C20H19N3O3/c24-18-16-8-4-5-9-17(16)19(25)23(18)15-10-12-22(13-11-15)20(26)21-14-6-2-1-3-7-14/h1-9,15H,10-13H2,(H,21,26). The van der Waals surface area contributed by atoms with Crippen molar-refractivity contribution in [1.29, 1.82) is 0 Å². The van der Waals surface area contributed by atoms with E-state index in [4.69, 9.17) is 0 Å². The van der Waals surface area contributed by atoms with E-state index in [1.165, 1.54) is 4.90 Å². The third-order valence-corrected chi connectivity index (χ3v) is 4.97. The van der Waals surface area contributed by atoms with E-state index in [1.807, 2.05) is 30.3 Å². The number of imide groups is 1. The average Bonchev–Trinajstić information content (AvgIpc) is 2.94. The zero-order valence-electron chi connectivity index (χ0n) is 14.2. The molecule has 0 aromatic heterocycles. The van der Waals surface area contributed by atoms with Crippen molar-refractivity contribution in [2.75, 3.05) is 18.4 Å². The summed E-state index contributed by atoms with van der Waals surface area (Å²) in [4.78, 5) is 40.6. The van der Waals surface area contributed by atoms with Gasteiger partial charge < -0.3 is 10.2 Å². The van der Waals surface area contributed by atoms with Crippen LogP contribution in [0, 0.1) is 0 Å². The van der Waals surface area contributed by atoms with E-state index in [2.05, 4.69) is 5.32 Å². The molecule has 2 aromatic rings. The van der Waals surface area contributed by atoms with Crippen LogP contribution in [-0.4, -0.2) is 46.8 Å². The number of rotatable bonds is 2. The first-order chi connectivity index (χ1) is 12.6. The summed E-state index contributed by atoms with van der Waals surface area (Å²) in [7, 11) is 0. The van der Waals surface area contributed by atoms with Crippen molar-refractivity contribution in [2.45, 2.75) is 18.9 Å². The number of benzene rings is 2. The number of anilines is 1. The minimum absolute atomic E-state index is 0.156. The van der Waals surface area contributed by atoms with Gasteiger partial charge in [-0.25, -0.2) is 4.79 Å². The fourth-order valence-corrected chi connectivity index (χ4v) is 3.59. The van der Waals surface area contributed by atoms with Crippen molar-refractivity contribution in [1.82, 2.24) is 9.80 Å². The molecule has 2 aromatic carbocycles. The van der Waals surface area contributed by atoms with E-state index in [0.29, 0.717) is 37.1 Å². The number of likely N-dealkylation sites (tertiary alicyclic amines) is 1. The van der Waals surface area contributed by atoms with E-state index in [9.17, 15) is 14.4 Å². The number of hydrogen-bond donors (Lipinski definition) is 1. The molecular formula is C20H19N3O3. The number of fused-ring (bicyclic) bond motifs is 1. The summed E-state index contributed by atoms with van der Waals surface area (Å²) in [6.45, 7) is 1.02. The molecule has 1 saturated heterocycles. The van der Waals surface area contributed by atoms with Crippen molar-refractivity contribution >= 4 is 23.5 Å². The summed E-state index contributed by atoms with van der Waals surface area (Å²) in [5, 5.41) is 2.87. The van der Waals surface area contributed by atoms with E-state index in [0.717, 1.165) is 5.69 Å². The van der Waals surface area contributed by atoms with Gasteiger partial charge in [-0.3, -0.25) is 14.5 Å². The molecule has 0 atom stereocenters. The van der Waals surface area contributed by atoms with Gasteiger partial charge in [-0.15, -0.1) is 0 Å². The topological polar surface area (TPSA) is 69.7 Å². The number of nitrogens with one attached hydrogen (secondary N) is 1. The molecule has 0 unspecified atom stereocenters. The van der Waals surface area contributed by atoms with E-state index >= 15 is 0 Å². The fraction of sp³-hybridized carbons (Fsp3) is 0.250. The lowest BCUT2D eigenvalue weighted by molar-refractivity contribution is 0.0525. The summed E-state index contributed by atoms with van der Waals surface area (Å²) < 4.78 is 0. The Hall–Kier alpha value is -3.15. The molecular weight excluding hydrogens is 330 g/mol. The normalized spacial score (nSPS) is 17.4. The van der Waals surface area contributed by atoms with Gasteiger partial charge >= 0.3 is 6.03 Å². The maximum absolute atomic E-state index is 12.6. The Morgan fingerprint density at radius 2 is 1.38 bits per heavy atom. The summed E-state index contributed by atoms with van der Waals surface area (Å²) >= 11 is 0. The Kier molecular flexibility index (Phi) is 4.16. The zero-order valence-corrected chi connectivity index (χ0v) is 14.2. The Bertz CT molecular complexity index is 823. The molecule has 2 aliphatic rings. The highest BCUT2D eigenvalue weighted by Gasteiger charge is 2.41. The SMILES string of the molecule is O=C(Nc1ccccc1)N1CCC(N2C(=O)c3ccccc3C2=O)CC1. The van der Waals surface area contributed by atoms with Gasteiger partial charge in [-0.05, 0) is 37.1 Å². The molecule has 2 heterocycles. The number of piperidine rings is 1. The number of amides is 4. The number of carbonyl (C=O) groups is 3. The van der Waals surface area contributed by atoms with Gasteiger partial charge in [0, 0.05) is 24.8 Å². The molecule has 0 spiro atoms. The van der Waals surface area contributed by atoms with Gasteiger partial charge in [-0.1, -0.05) is 30.3 Å². The van der Waals surface area contributed by atoms with Gasteiger partial charge in [0.25, 0.3) is 11.8 Å². The number of para-hydroxylation sites is 1. The first-order valence-corrected chi connectivity index (χ1v) is 8.73. The smallest absolute Gasteiger partial charge is 0.321 e. The molecule has 1 N–H and O–H groups in total. The molecule has 4 amide bonds. The van der Waals surface area contributed by atoms with E-state index in [-0.39, 0.29) is 23.9 Å². The van der Waals surface area contributed by atoms with Crippen LogP contribution in [0.5, 0.6) is 0 Å². The largest absolute Gasteiger partial charge is 0.324 e. The molecule has 6 heteroatoms. The van der Waals surface area contributed by atoms with Crippen molar-refractivity contribution in [2.24, 2.45) is 0 Å². The van der Waals surface area contributed by atoms with Crippen LogP contribution >= 0.6 is 0 Å². The predicted molar refractivity (Wildman–Crippen MR) is 97.0 cm³/mol. The van der Waals surface area contributed by atoms with Crippen LogP contribution in [0.25, 0.3) is 0 Å². The first kappa shape index (κ1) is 16.3. The highest BCUT2D eigenvalue weighted by atomic mass is 16.2. The predicted octanol–water partition coefficient (Wildman–Crippen LogP) is 2.98. The van der Waals surface area contributed by atoms with Crippen molar-refractivity contribution < 1.29 is 14.4 Å². The fourth-order valence-electron chi connectivity index (χ4n) is 3.59. The highest BCUT2D eigenvalue weighted by Crippen LogP contribution is 2.28. The Morgan fingerprint density at radius 3 is 1.96 bits per heavy atom. The molecule has 4 rings (SSSR count). The van der Waals surface area contributed by atoms with Gasteiger partial charge in [0.2, 0.25) is 0 Å². The van der Waals surface area contributed by atoms with E-state index in [1.54, 1.807) is 29.2 Å². The summed E-state index contributed by atoms with van der Waals surface area (Å²) in [5.74, 6) is -0.449. The average molecular weight is 349 g/mol. The molecule has 0 radical (unpaired) electrons. The maximum Gasteiger partial charge on any atom is 0.321 e. The molecule has 26 heavy (non-hydrogen) atoms. The Balaban J connectivity index is 1.39. The van der Waals surface area contributed by atoms with Crippen LogP contribution in [0.2, 0.25) is 0 Å². The lowest BCUT2D eigenvalue weighted by atomic mass is 10.0. The van der Waals surface area contributed by atoms with Gasteiger partial charge in [0.1, 0.15) is 0 Å².